The number of halogens is 3. The van der Waals surface area contributed by atoms with E-state index in [-0.39, 0.29) is 23.9 Å². The van der Waals surface area contributed by atoms with Crippen LogP contribution in [0.5, 0.6) is 0 Å². The maximum atomic E-state index is 12.7. The molecule has 136 valence electrons. The molecule has 26 heavy (non-hydrogen) atoms. The Morgan fingerprint density at radius 1 is 1.04 bits per heavy atom. The number of amides is 2. The molecule has 4 nitrogen and oxygen atoms in total. The van der Waals surface area contributed by atoms with E-state index in [0.717, 1.165) is 25.0 Å². The summed E-state index contributed by atoms with van der Waals surface area (Å²) in [5.41, 5.74) is 0.320. The highest BCUT2D eigenvalue weighted by molar-refractivity contribution is 5.97. The summed E-state index contributed by atoms with van der Waals surface area (Å²) in [6, 6.07) is 11.3. The van der Waals surface area contributed by atoms with Crippen molar-refractivity contribution in [3.8, 4) is 0 Å². The zero-order valence-corrected chi connectivity index (χ0v) is 13.8. The molecular formula is C19H17F3N2O2. The highest BCUT2D eigenvalue weighted by Crippen LogP contribution is 2.29. The number of carbonyl (C=O) groups is 2. The summed E-state index contributed by atoms with van der Waals surface area (Å²) in [5.74, 6) is -0.662. The Balaban J connectivity index is 1.64. The van der Waals surface area contributed by atoms with E-state index in [1.165, 1.54) is 12.1 Å². The number of nitrogens with one attached hydrogen (secondary N) is 2. The van der Waals surface area contributed by atoms with Gasteiger partial charge < -0.3 is 10.6 Å². The summed E-state index contributed by atoms with van der Waals surface area (Å²) < 4.78 is 38.2. The quantitative estimate of drug-likeness (QED) is 0.851. The predicted molar refractivity (Wildman–Crippen MR) is 90.7 cm³/mol. The van der Waals surface area contributed by atoms with Gasteiger partial charge >= 0.3 is 6.18 Å². The van der Waals surface area contributed by atoms with Crippen molar-refractivity contribution in [2.45, 2.75) is 31.5 Å². The van der Waals surface area contributed by atoms with Gasteiger partial charge in [-0.1, -0.05) is 24.3 Å². The van der Waals surface area contributed by atoms with Crippen molar-refractivity contribution < 1.29 is 22.8 Å². The average Bonchev–Trinajstić information content (AvgIpc) is 3.38. The number of alkyl halides is 3. The van der Waals surface area contributed by atoms with Gasteiger partial charge in [0.05, 0.1) is 12.0 Å². The summed E-state index contributed by atoms with van der Waals surface area (Å²) in [7, 11) is 0. The molecule has 1 aliphatic carbocycles. The SMILES string of the molecule is O=C(Cc1cccc(C(F)(F)F)c1)Nc1cccc(C(=O)NC2CC2)c1. The number of anilines is 1. The lowest BCUT2D eigenvalue weighted by atomic mass is 10.1. The van der Waals surface area contributed by atoms with E-state index in [1.54, 1.807) is 24.3 Å². The second kappa shape index (κ2) is 7.19. The molecule has 0 aliphatic heterocycles. The molecule has 7 heteroatoms. The lowest BCUT2D eigenvalue weighted by Gasteiger charge is -2.10. The molecule has 0 aromatic heterocycles. The first-order valence-electron chi connectivity index (χ1n) is 8.18. The zero-order valence-electron chi connectivity index (χ0n) is 13.8. The van der Waals surface area contributed by atoms with Crippen LogP contribution in [0.4, 0.5) is 18.9 Å². The number of benzene rings is 2. The lowest BCUT2D eigenvalue weighted by molar-refractivity contribution is -0.137. The fourth-order valence-electron chi connectivity index (χ4n) is 2.48. The number of hydrogen-bond acceptors (Lipinski definition) is 2. The maximum absolute atomic E-state index is 12.7. The van der Waals surface area contributed by atoms with Gasteiger partial charge in [-0.2, -0.15) is 13.2 Å². The molecule has 1 aliphatic rings. The molecule has 2 amide bonds. The van der Waals surface area contributed by atoms with Crippen molar-refractivity contribution in [2.75, 3.05) is 5.32 Å². The summed E-state index contributed by atoms with van der Waals surface area (Å²) in [6.45, 7) is 0. The van der Waals surface area contributed by atoms with Crippen LogP contribution < -0.4 is 10.6 Å². The normalized spacial score (nSPS) is 14.0. The van der Waals surface area contributed by atoms with E-state index < -0.39 is 17.6 Å². The van der Waals surface area contributed by atoms with Crippen LogP contribution in [0, 0.1) is 0 Å². The molecule has 0 bridgehead atoms. The van der Waals surface area contributed by atoms with Crippen molar-refractivity contribution in [2.24, 2.45) is 0 Å². The Morgan fingerprint density at radius 3 is 2.46 bits per heavy atom. The number of rotatable bonds is 5. The van der Waals surface area contributed by atoms with E-state index in [9.17, 15) is 22.8 Å². The van der Waals surface area contributed by atoms with Crippen molar-refractivity contribution in [3.63, 3.8) is 0 Å². The minimum Gasteiger partial charge on any atom is -0.349 e. The summed E-state index contributed by atoms with van der Waals surface area (Å²) in [4.78, 5) is 24.1. The molecule has 2 aromatic carbocycles. The molecule has 2 aromatic rings. The minimum absolute atomic E-state index is 0.192. The van der Waals surface area contributed by atoms with Gasteiger partial charge in [0.1, 0.15) is 0 Å². The van der Waals surface area contributed by atoms with Gasteiger partial charge in [0.15, 0.2) is 0 Å². The third kappa shape index (κ3) is 4.84. The van der Waals surface area contributed by atoms with Crippen LogP contribution in [-0.2, 0) is 17.4 Å². The first kappa shape index (κ1) is 18.0. The van der Waals surface area contributed by atoms with E-state index in [0.29, 0.717) is 11.3 Å². The van der Waals surface area contributed by atoms with Gasteiger partial charge in [0.25, 0.3) is 5.91 Å². The Kier molecular flexibility index (Phi) is 4.97. The lowest BCUT2D eigenvalue weighted by Crippen LogP contribution is -2.25. The average molecular weight is 362 g/mol. The first-order chi connectivity index (χ1) is 12.3. The fraction of sp³-hybridized carbons (Fsp3) is 0.263. The van der Waals surface area contributed by atoms with Crippen LogP contribution in [0.25, 0.3) is 0 Å². The largest absolute Gasteiger partial charge is 0.416 e. The standard InChI is InChI=1S/C19H17F3N2O2/c20-19(21,22)14-5-1-3-12(9-14)10-17(25)23-16-6-2-4-13(11-16)18(26)24-15-7-8-15/h1-6,9,11,15H,7-8,10H2,(H,23,25)(H,24,26). The van der Waals surface area contributed by atoms with Crippen LogP contribution in [0.15, 0.2) is 48.5 Å². The molecule has 0 atom stereocenters. The van der Waals surface area contributed by atoms with Gasteiger partial charge in [0.2, 0.25) is 5.91 Å². The topological polar surface area (TPSA) is 58.2 Å². The van der Waals surface area contributed by atoms with Crippen molar-refractivity contribution in [1.82, 2.24) is 5.32 Å². The monoisotopic (exact) mass is 362 g/mol. The molecule has 0 heterocycles. The third-order valence-electron chi connectivity index (χ3n) is 3.94. The predicted octanol–water partition coefficient (Wildman–Crippen LogP) is 3.78. The van der Waals surface area contributed by atoms with Gasteiger partial charge in [-0.25, -0.2) is 0 Å². The van der Waals surface area contributed by atoms with Crippen molar-refractivity contribution >= 4 is 17.5 Å². The second-order valence-electron chi connectivity index (χ2n) is 6.25. The smallest absolute Gasteiger partial charge is 0.349 e. The van der Waals surface area contributed by atoms with E-state index in [4.69, 9.17) is 0 Å². The van der Waals surface area contributed by atoms with Gasteiger partial charge in [-0.3, -0.25) is 9.59 Å². The first-order valence-corrected chi connectivity index (χ1v) is 8.18. The Hall–Kier alpha value is -2.83. The van der Waals surface area contributed by atoms with E-state index in [1.807, 2.05) is 0 Å². The van der Waals surface area contributed by atoms with E-state index >= 15 is 0 Å². The van der Waals surface area contributed by atoms with Crippen LogP contribution in [-0.4, -0.2) is 17.9 Å². The molecule has 3 rings (SSSR count). The molecule has 0 spiro atoms. The molecule has 2 N–H and O–H groups in total. The summed E-state index contributed by atoms with van der Waals surface area (Å²) >= 11 is 0. The van der Waals surface area contributed by atoms with E-state index in [2.05, 4.69) is 10.6 Å². The highest BCUT2D eigenvalue weighted by Gasteiger charge is 2.30. The van der Waals surface area contributed by atoms with Crippen molar-refractivity contribution in [3.05, 3.63) is 65.2 Å². The Labute approximate surface area is 148 Å². The van der Waals surface area contributed by atoms with Crippen LogP contribution in [0.2, 0.25) is 0 Å². The molecule has 1 saturated carbocycles. The molecule has 1 fully saturated rings. The van der Waals surface area contributed by atoms with Gasteiger partial charge in [0, 0.05) is 17.3 Å². The third-order valence-corrected chi connectivity index (χ3v) is 3.94. The molecule has 0 radical (unpaired) electrons. The highest BCUT2D eigenvalue weighted by atomic mass is 19.4. The Morgan fingerprint density at radius 2 is 1.77 bits per heavy atom. The van der Waals surface area contributed by atoms with Gasteiger partial charge in [-0.15, -0.1) is 0 Å². The Bertz CT molecular complexity index is 830. The molecule has 0 saturated heterocycles. The van der Waals surface area contributed by atoms with Crippen LogP contribution >= 0.6 is 0 Å². The number of hydrogen-bond donors (Lipinski definition) is 2. The van der Waals surface area contributed by atoms with Crippen LogP contribution in [0.1, 0.15) is 34.3 Å². The summed E-state index contributed by atoms with van der Waals surface area (Å²) in [5, 5.41) is 5.47. The number of carbonyl (C=O) groups excluding carboxylic acids is 2. The fourth-order valence-corrected chi connectivity index (χ4v) is 2.48. The summed E-state index contributed by atoms with van der Waals surface area (Å²) in [6.07, 6.45) is -2.70. The van der Waals surface area contributed by atoms with Crippen molar-refractivity contribution in [1.29, 1.82) is 0 Å². The minimum atomic E-state index is -4.45. The maximum Gasteiger partial charge on any atom is 0.416 e. The second-order valence-corrected chi connectivity index (χ2v) is 6.25. The van der Waals surface area contributed by atoms with Gasteiger partial charge in [-0.05, 0) is 42.7 Å². The van der Waals surface area contributed by atoms with Crippen LogP contribution in [0.3, 0.4) is 0 Å². The zero-order chi connectivity index (χ0) is 18.7. The molecular weight excluding hydrogens is 345 g/mol. The molecule has 0 unspecified atom stereocenters.